The van der Waals surface area contributed by atoms with Crippen molar-refractivity contribution in [1.29, 1.82) is 0 Å². The Kier molecular flexibility index (Phi) is 6.03. The number of benzene rings is 1. The van der Waals surface area contributed by atoms with Crippen LogP contribution in [0.2, 0.25) is 0 Å². The fourth-order valence-electron chi connectivity index (χ4n) is 2.63. The lowest BCUT2D eigenvalue weighted by molar-refractivity contribution is 0.00356. The Morgan fingerprint density at radius 1 is 1.43 bits per heavy atom. The lowest BCUT2D eigenvalue weighted by Gasteiger charge is -2.34. The molecule has 1 aliphatic rings. The minimum atomic E-state index is -0.0635. The van der Waals surface area contributed by atoms with Crippen molar-refractivity contribution in [2.75, 3.05) is 37.7 Å². The summed E-state index contributed by atoms with van der Waals surface area (Å²) in [5.74, 6) is 0.674. The Balaban J connectivity index is 1.97. The van der Waals surface area contributed by atoms with E-state index in [1.807, 2.05) is 0 Å². The standard InChI is InChI=1S/C17H28N2O2/c1-13(2)9-18-10-15-4-5-16(8-14(15)3)19-6-7-21-17(11-19)12-20/h4-5,8,13,17-18,20H,6-7,9-12H2,1-3H3. The quantitative estimate of drug-likeness (QED) is 0.841. The van der Waals surface area contributed by atoms with Gasteiger partial charge in [-0.05, 0) is 42.6 Å². The first kappa shape index (κ1) is 16.3. The van der Waals surface area contributed by atoms with Gasteiger partial charge in [-0.25, -0.2) is 0 Å². The molecule has 0 aliphatic carbocycles. The zero-order valence-corrected chi connectivity index (χ0v) is 13.4. The predicted octanol–water partition coefficient (Wildman–Crippen LogP) is 1.94. The SMILES string of the molecule is Cc1cc(N2CCOC(CO)C2)ccc1CNCC(C)C. The first-order chi connectivity index (χ1) is 10.1. The van der Waals surface area contributed by atoms with Crippen LogP contribution in [0.25, 0.3) is 0 Å². The van der Waals surface area contributed by atoms with Crippen molar-refractivity contribution in [3.8, 4) is 0 Å². The molecular weight excluding hydrogens is 264 g/mol. The van der Waals surface area contributed by atoms with E-state index in [-0.39, 0.29) is 12.7 Å². The molecule has 0 saturated carbocycles. The number of hydrogen-bond acceptors (Lipinski definition) is 4. The van der Waals surface area contributed by atoms with Crippen molar-refractivity contribution in [3.63, 3.8) is 0 Å². The maximum absolute atomic E-state index is 9.24. The molecule has 4 heteroatoms. The summed E-state index contributed by atoms with van der Waals surface area (Å²) in [6.45, 7) is 11.0. The second-order valence-corrected chi connectivity index (χ2v) is 6.26. The highest BCUT2D eigenvalue weighted by Crippen LogP contribution is 2.21. The van der Waals surface area contributed by atoms with Gasteiger partial charge in [-0.3, -0.25) is 0 Å². The van der Waals surface area contributed by atoms with Gasteiger partial charge in [0, 0.05) is 25.3 Å². The largest absolute Gasteiger partial charge is 0.394 e. The van der Waals surface area contributed by atoms with Crippen LogP contribution in [0.4, 0.5) is 5.69 Å². The molecule has 2 rings (SSSR count). The molecule has 0 spiro atoms. The molecule has 2 N–H and O–H groups in total. The van der Waals surface area contributed by atoms with Crippen LogP contribution in [0.5, 0.6) is 0 Å². The summed E-state index contributed by atoms with van der Waals surface area (Å²) >= 11 is 0. The Bertz CT molecular complexity index is 448. The topological polar surface area (TPSA) is 44.7 Å². The number of rotatable bonds is 6. The predicted molar refractivity (Wildman–Crippen MR) is 86.8 cm³/mol. The lowest BCUT2D eigenvalue weighted by atomic mass is 10.1. The molecule has 118 valence electrons. The van der Waals surface area contributed by atoms with Gasteiger partial charge in [0.15, 0.2) is 0 Å². The van der Waals surface area contributed by atoms with Crippen LogP contribution >= 0.6 is 0 Å². The first-order valence-corrected chi connectivity index (χ1v) is 7.87. The van der Waals surface area contributed by atoms with Gasteiger partial charge in [0.25, 0.3) is 0 Å². The molecule has 1 unspecified atom stereocenters. The zero-order chi connectivity index (χ0) is 15.2. The second kappa shape index (κ2) is 7.78. The third-order valence-corrected chi connectivity index (χ3v) is 3.90. The number of hydrogen-bond donors (Lipinski definition) is 2. The number of aliphatic hydroxyl groups excluding tert-OH is 1. The normalized spacial score (nSPS) is 19.3. The van der Waals surface area contributed by atoms with Gasteiger partial charge in [-0.2, -0.15) is 0 Å². The maximum Gasteiger partial charge on any atom is 0.0980 e. The minimum Gasteiger partial charge on any atom is -0.394 e. The van der Waals surface area contributed by atoms with Crippen LogP contribution < -0.4 is 10.2 Å². The van der Waals surface area contributed by atoms with Gasteiger partial charge in [-0.15, -0.1) is 0 Å². The van der Waals surface area contributed by atoms with E-state index in [2.05, 4.69) is 49.2 Å². The van der Waals surface area contributed by atoms with Gasteiger partial charge < -0.3 is 20.1 Å². The third-order valence-electron chi connectivity index (χ3n) is 3.90. The molecule has 21 heavy (non-hydrogen) atoms. The van der Waals surface area contributed by atoms with Crippen molar-refractivity contribution in [2.45, 2.75) is 33.4 Å². The van der Waals surface area contributed by atoms with E-state index >= 15 is 0 Å². The van der Waals surface area contributed by atoms with Gasteiger partial charge in [0.1, 0.15) is 0 Å². The molecular formula is C17H28N2O2. The molecule has 1 aromatic carbocycles. The first-order valence-electron chi connectivity index (χ1n) is 7.87. The highest BCUT2D eigenvalue weighted by Gasteiger charge is 2.20. The molecule has 1 saturated heterocycles. The molecule has 1 fully saturated rings. The van der Waals surface area contributed by atoms with Crippen LogP contribution in [0.1, 0.15) is 25.0 Å². The van der Waals surface area contributed by atoms with Crippen LogP contribution in [0, 0.1) is 12.8 Å². The molecule has 0 bridgehead atoms. The number of morpholine rings is 1. The molecule has 1 heterocycles. The monoisotopic (exact) mass is 292 g/mol. The molecule has 0 radical (unpaired) electrons. The summed E-state index contributed by atoms with van der Waals surface area (Å²) in [5.41, 5.74) is 3.89. The van der Waals surface area contributed by atoms with Crippen LogP contribution in [-0.4, -0.2) is 44.1 Å². The Morgan fingerprint density at radius 3 is 2.90 bits per heavy atom. The summed E-state index contributed by atoms with van der Waals surface area (Å²) in [4.78, 5) is 2.29. The number of anilines is 1. The minimum absolute atomic E-state index is 0.0635. The Hall–Kier alpha value is -1.10. The van der Waals surface area contributed by atoms with Gasteiger partial charge in [0.2, 0.25) is 0 Å². The van der Waals surface area contributed by atoms with Gasteiger partial charge in [-0.1, -0.05) is 19.9 Å². The zero-order valence-electron chi connectivity index (χ0n) is 13.4. The number of aryl methyl sites for hydroxylation is 1. The molecule has 4 nitrogen and oxygen atoms in total. The average Bonchev–Trinajstić information content (AvgIpc) is 2.48. The van der Waals surface area contributed by atoms with E-state index in [1.165, 1.54) is 16.8 Å². The van der Waals surface area contributed by atoms with Crippen LogP contribution in [0.3, 0.4) is 0 Å². The van der Waals surface area contributed by atoms with Crippen molar-refractivity contribution < 1.29 is 9.84 Å². The highest BCUT2D eigenvalue weighted by molar-refractivity contribution is 5.51. The summed E-state index contributed by atoms with van der Waals surface area (Å²) in [6.07, 6.45) is -0.0635. The van der Waals surface area contributed by atoms with E-state index in [0.717, 1.165) is 26.2 Å². The van der Waals surface area contributed by atoms with Crippen LogP contribution in [0.15, 0.2) is 18.2 Å². The fraction of sp³-hybridized carbons (Fsp3) is 0.647. The number of aliphatic hydroxyl groups is 1. The number of nitrogens with zero attached hydrogens (tertiary/aromatic N) is 1. The van der Waals surface area contributed by atoms with Crippen molar-refractivity contribution in [2.24, 2.45) is 5.92 Å². The molecule has 1 atom stereocenters. The summed E-state index contributed by atoms with van der Waals surface area (Å²) in [6, 6.07) is 6.63. The number of nitrogens with one attached hydrogen (secondary N) is 1. The summed E-state index contributed by atoms with van der Waals surface area (Å²) in [7, 11) is 0. The second-order valence-electron chi connectivity index (χ2n) is 6.26. The Morgan fingerprint density at radius 2 is 2.24 bits per heavy atom. The third kappa shape index (κ3) is 4.70. The van der Waals surface area contributed by atoms with Crippen molar-refractivity contribution in [3.05, 3.63) is 29.3 Å². The maximum atomic E-state index is 9.24. The highest BCUT2D eigenvalue weighted by atomic mass is 16.5. The molecule has 1 aromatic rings. The molecule has 1 aliphatic heterocycles. The van der Waals surface area contributed by atoms with E-state index < -0.39 is 0 Å². The van der Waals surface area contributed by atoms with Crippen molar-refractivity contribution >= 4 is 5.69 Å². The van der Waals surface area contributed by atoms with E-state index in [9.17, 15) is 5.11 Å². The van der Waals surface area contributed by atoms with E-state index in [1.54, 1.807) is 0 Å². The summed E-state index contributed by atoms with van der Waals surface area (Å²) < 4.78 is 5.51. The van der Waals surface area contributed by atoms with Gasteiger partial charge in [0.05, 0.1) is 19.3 Å². The summed E-state index contributed by atoms with van der Waals surface area (Å²) in [5, 5.41) is 12.7. The molecule has 0 aromatic heterocycles. The smallest absolute Gasteiger partial charge is 0.0980 e. The lowest BCUT2D eigenvalue weighted by Crippen LogP contribution is -2.44. The van der Waals surface area contributed by atoms with E-state index in [4.69, 9.17) is 4.74 Å². The molecule has 0 amide bonds. The van der Waals surface area contributed by atoms with Crippen LogP contribution in [-0.2, 0) is 11.3 Å². The number of ether oxygens (including phenoxy) is 1. The Labute approximate surface area is 128 Å². The van der Waals surface area contributed by atoms with E-state index in [0.29, 0.717) is 12.5 Å². The fourth-order valence-corrected chi connectivity index (χ4v) is 2.63. The van der Waals surface area contributed by atoms with Crippen molar-refractivity contribution in [1.82, 2.24) is 5.32 Å². The van der Waals surface area contributed by atoms with Gasteiger partial charge >= 0.3 is 0 Å². The average molecular weight is 292 g/mol.